The summed E-state index contributed by atoms with van der Waals surface area (Å²) in [6.45, 7) is 0.305. The van der Waals surface area contributed by atoms with E-state index in [-0.39, 0.29) is 12.0 Å². The molecule has 0 bridgehead atoms. The van der Waals surface area contributed by atoms with Gasteiger partial charge < -0.3 is 14.5 Å². The maximum absolute atomic E-state index is 12.4. The normalized spacial score (nSPS) is 18.9. The molecule has 0 aromatic carbocycles. The van der Waals surface area contributed by atoms with E-state index in [9.17, 15) is 14.4 Å². The second kappa shape index (κ2) is 7.40. The Morgan fingerprint density at radius 3 is 3.08 bits per heavy atom. The van der Waals surface area contributed by atoms with Gasteiger partial charge in [0.15, 0.2) is 0 Å². The molecule has 4 rings (SSSR count). The minimum absolute atomic E-state index is 0.0656. The number of carbonyl (C=O) groups is 2. The van der Waals surface area contributed by atoms with Crippen LogP contribution in [-0.4, -0.2) is 40.4 Å². The van der Waals surface area contributed by atoms with Crippen LogP contribution in [0, 0.1) is 0 Å². The van der Waals surface area contributed by atoms with Crippen molar-refractivity contribution in [2.75, 3.05) is 12.4 Å². The molecule has 7 nitrogen and oxygen atoms in total. The number of aromatic nitrogens is 2. The predicted octanol–water partition coefficient (Wildman–Crippen LogP) is 1.96. The van der Waals surface area contributed by atoms with Crippen molar-refractivity contribution in [2.24, 2.45) is 0 Å². The van der Waals surface area contributed by atoms with Gasteiger partial charge in [-0.1, -0.05) is 0 Å². The number of rotatable bonds is 6. The van der Waals surface area contributed by atoms with Crippen molar-refractivity contribution in [3.63, 3.8) is 0 Å². The Labute approximate surface area is 157 Å². The van der Waals surface area contributed by atoms with Crippen LogP contribution in [0.25, 0.3) is 10.2 Å². The molecule has 0 spiro atoms. The number of fused-ring (bicyclic) bond motifs is 3. The number of ether oxygens (including phenoxy) is 2. The molecule has 2 aliphatic rings. The van der Waals surface area contributed by atoms with Crippen LogP contribution in [0.5, 0.6) is 0 Å². The van der Waals surface area contributed by atoms with Crippen molar-refractivity contribution in [1.82, 2.24) is 9.97 Å². The van der Waals surface area contributed by atoms with E-state index in [2.05, 4.69) is 9.97 Å². The van der Waals surface area contributed by atoms with E-state index in [0.29, 0.717) is 30.4 Å². The second-order valence-electron chi connectivity index (χ2n) is 6.29. The van der Waals surface area contributed by atoms with Gasteiger partial charge in [0.1, 0.15) is 10.7 Å². The third-order valence-corrected chi connectivity index (χ3v) is 6.63. The van der Waals surface area contributed by atoms with E-state index in [0.717, 1.165) is 29.5 Å². The number of H-pyrrole nitrogens is 1. The van der Waals surface area contributed by atoms with E-state index in [1.54, 1.807) is 11.3 Å². The van der Waals surface area contributed by atoms with E-state index < -0.39 is 18.0 Å². The lowest BCUT2D eigenvalue weighted by Crippen LogP contribution is -2.22. The fraction of sp³-hybridized carbons (Fsp3) is 0.529. The van der Waals surface area contributed by atoms with Crippen LogP contribution in [0.1, 0.15) is 35.5 Å². The summed E-state index contributed by atoms with van der Waals surface area (Å²) in [6.07, 6.45) is 2.99. The molecule has 0 saturated carbocycles. The molecular formula is C17H18N2O5S2. The summed E-state index contributed by atoms with van der Waals surface area (Å²) in [5.41, 5.74) is 1.11. The smallest absolute Gasteiger partial charge is 0.347 e. The molecule has 1 atom stereocenters. The van der Waals surface area contributed by atoms with Gasteiger partial charge in [-0.05, 0) is 24.8 Å². The second-order valence-corrected chi connectivity index (χ2v) is 8.48. The molecule has 1 aliphatic carbocycles. The molecular weight excluding hydrogens is 376 g/mol. The number of hydrogen-bond donors (Lipinski definition) is 1. The number of nitrogens with zero attached hydrogens (tertiary/aromatic N) is 1. The van der Waals surface area contributed by atoms with Crippen LogP contribution < -0.4 is 5.56 Å². The zero-order chi connectivity index (χ0) is 18.1. The highest BCUT2D eigenvalue weighted by molar-refractivity contribution is 7.98. The SMILES string of the molecule is O=C(CCSCc1nc2sc3c(c2c(=O)[nH]1)CCC3)O[C@H]1CCOC1=O. The van der Waals surface area contributed by atoms with Crippen LogP contribution in [0.2, 0.25) is 0 Å². The average Bonchev–Trinajstić information content (AvgIpc) is 3.28. The summed E-state index contributed by atoms with van der Waals surface area (Å²) in [5, 5.41) is 0.753. The van der Waals surface area contributed by atoms with Gasteiger partial charge in [0.25, 0.3) is 5.56 Å². The average molecular weight is 394 g/mol. The number of carbonyl (C=O) groups excluding carboxylic acids is 2. The highest BCUT2D eigenvalue weighted by Crippen LogP contribution is 2.34. The number of hydrogen-bond acceptors (Lipinski definition) is 8. The lowest BCUT2D eigenvalue weighted by molar-refractivity contribution is -0.159. The lowest BCUT2D eigenvalue weighted by Gasteiger charge is -2.08. The Bertz CT molecular complexity index is 920. The van der Waals surface area contributed by atoms with Gasteiger partial charge in [-0.25, -0.2) is 9.78 Å². The number of thioether (sulfide) groups is 1. The molecule has 138 valence electrons. The van der Waals surface area contributed by atoms with Gasteiger partial charge >= 0.3 is 11.9 Å². The maximum atomic E-state index is 12.4. The van der Waals surface area contributed by atoms with Crippen molar-refractivity contribution in [3.8, 4) is 0 Å². The molecule has 1 saturated heterocycles. The summed E-state index contributed by atoms with van der Waals surface area (Å²) in [5.74, 6) is 0.799. The highest BCUT2D eigenvalue weighted by atomic mass is 32.2. The van der Waals surface area contributed by atoms with Gasteiger partial charge in [0.05, 0.1) is 24.2 Å². The number of cyclic esters (lactones) is 1. The standard InChI is InChI=1S/C17H18N2O5S2/c20-13(24-10-4-6-23-17(10)22)5-7-25-8-12-18-15(21)14-9-2-1-3-11(9)26-16(14)19-12/h10H,1-8H2,(H,18,19,21)/t10-/m0/s1. The van der Waals surface area contributed by atoms with Crippen molar-refractivity contribution in [3.05, 3.63) is 26.6 Å². The number of esters is 2. The Morgan fingerprint density at radius 2 is 2.27 bits per heavy atom. The van der Waals surface area contributed by atoms with Crippen LogP contribution >= 0.6 is 23.1 Å². The largest absolute Gasteiger partial charge is 0.463 e. The molecule has 1 fully saturated rings. The number of aryl methyl sites for hydroxylation is 2. The van der Waals surface area contributed by atoms with Crippen LogP contribution in [0.3, 0.4) is 0 Å². The number of thiophene rings is 1. The molecule has 26 heavy (non-hydrogen) atoms. The molecule has 0 amide bonds. The molecule has 3 heterocycles. The third-order valence-electron chi connectivity index (χ3n) is 4.47. The number of aromatic amines is 1. The van der Waals surface area contributed by atoms with Gasteiger partial charge in [-0.15, -0.1) is 11.3 Å². The highest BCUT2D eigenvalue weighted by Gasteiger charge is 2.29. The zero-order valence-corrected chi connectivity index (χ0v) is 15.7. The molecule has 2 aromatic heterocycles. The lowest BCUT2D eigenvalue weighted by atomic mass is 10.2. The summed E-state index contributed by atoms with van der Waals surface area (Å²) < 4.78 is 9.84. The van der Waals surface area contributed by atoms with Crippen LogP contribution in [-0.2, 0) is 37.7 Å². The Kier molecular flexibility index (Phi) is 4.99. The molecule has 0 unspecified atom stereocenters. The van der Waals surface area contributed by atoms with E-state index >= 15 is 0 Å². The van der Waals surface area contributed by atoms with Gasteiger partial charge in [-0.2, -0.15) is 11.8 Å². The van der Waals surface area contributed by atoms with E-state index in [1.807, 2.05) is 0 Å². The van der Waals surface area contributed by atoms with Crippen molar-refractivity contribution in [1.29, 1.82) is 0 Å². The van der Waals surface area contributed by atoms with Crippen molar-refractivity contribution in [2.45, 2.75) is 44.0 Å². The zero-order valence-electron chi connectivity index (χ0n) is 14.0. The van der Waals surface area contributed by atoms with Crippen molar-refractivity contribution >= 4 is 45.3 Å². The molecule has 0 radical (unpaired) electrons. The minimum Gasteiger partial charge on any atom is -0.463 e. The van der Waals surface area contributed by atoms with Gasteiger partial charge in [0.2, 0.25) is 6.10 Å². The first-order valence-electron chi connectivity index (χ1n) is 8.59. The fourth-order valence-corrected chi connectivity index (χ4v) is 5.31. The third kappa shape index (κ3) is 3.50. The summed E-state index contributed by atoms with van der Waals surface area (Å²) in [4.78, 5) is 44.9. The molecule has 1 aliphatic heterocycles. The van der Waals surface area contributed by atoms with Gasteiger partial charge in [-0.3, -0.25) is 9.59 Å². The van der Waals surface area contributed by atoms with Crippen molar-refractivity contribution < 1.29 is 19.1 Å². The number of nitrogens with one attached hydrogen (secondary N) is 1. The summed E-state index contributed by atoms with van der Waals surface area (Å²) >= 11 is 3.11. The predicted molar refractivity (Wildman–Crippen MR) is 98.5 cm³/mol. The summed E-state index contributed by atoms with van der Waals surface area (Å²) in [6, 6.07) is 0. The molecule has 9 heteroatoms. The molecule has 2 aromatic rings. The maximum Gasteiger partial charge on any atom is 0.347 e. The fourth-order valence-electron chi connectivity index (χ4n) is 3.24. The van der Waals surface area contributed by atoms with E-state index in [4.69, 9.17) is 9.47 Å². The monoisotopic (exact) mass is 394 g/mol. The topological polar surface area (TPSA) is 98.3 Å². The summed E-state index contributed by atoms with van der Waals surface area (Å²) in [7, 11) is 0. The Hall–Kier alpha value is -1.87. The minimum atomic E-state index is -0.756. The molecule has 1 N–H and O–H groups in total. The van der Waals surface area contributed by atoms with Crippen LogP contribution in [0.15, 0.2) is 4.79 Å². The van der Waals surface area contributed by atoms with Gasteiger partial charge in [0, 0.05) is 17.1 Å². The first-order chi connectivity index (χ1) is 12.6. The first kappa shape index (κ1) is 17.5. The first-order valence-corrected chi connectivity index (χ1v) is 10.6. The quantitative estimate of drug-likeness (QED) is 0.591. The Balaban J connectivity index is 1.30. The Morgan fingerprint density at radius 1 is 1.38 bits per heavy atom. The van der Waals surface area contributed by atoms with E-state index in [1.165, 1.54) is 22.2 Å². The van der Waals surface area contributed by atoms with Crippen LogP contribution in [0.4, 0.5) is 0 Å².